The maximum Gasteiger partial charge on any atom is 0.351 e. The second-order valence-corrected chi connectivity index (χ2v) is 32.5. The predicted molar refractivity (Wildman–Crippen MR) is 465 cm³/mol. The van der Waals surface area contributed by atoms with Crippen LogP contribution in [0.1, 0.15) is 127 Å². The lowest BCUT2D eigenvalue weighted by Crippen LogP contribution is -2.26. The number of nitrogens with zero attached hydrogens (tertiary/aromatic N) is 4. The Morgan fingerprint density at radius 1 is 0.374 bits per heavy atom. The molecule has 0 radical (unpaired) electrons. The molecule has 0 saturated heterocycles. The zero-order valence-corrected chi connectivity index (χ0v) is 70.8. The van der Waals surface area contributed by atoms with Gasteiger partial charge in [-0.15, -0.1) is 0 Å². The molecule has 0 bridgehead atoms. The molecule has 30 heteroatoms. The molecule has 618 valence electrons. The molecule has 0 spiro atoms. The monoisotopic (exact) mass is 1670 g/mol. The number of benzene rings is 5. The average molecular weight is 1680 g/mol. The van der Waals surface area contributed by atoms with Gasteiger partial charge in [0, 0.05) is 203 Å². The minimum absolute atomic E-state index is 0.0487. The van der Waals surface area contributed by atoms with Gasteiger partial charge in [-0.1, -0.05) is 6.92 Å². The minimum atomic E-state index is -0.851. The molecular weight excluding hydrogens is 1570 g/mol. The Hall–Kier alpha value is -9.20. The largest absolute Gasteiger partial charge is 0.492 e. The molecule has 9 aromatic rings. The standard InChI is InChI=1S/C85H103N5O20S5/c1-10-29-100-30-19-35-111-36-28-86-77(91)60-41-65(105-52-67(114-39-33-103-80(94)71-45-58-22-26-63(89(15-6)16-7)49-75(58)109-84(71)98)54-112-37-31-101-78(92)69-43-56-20-24-61(87(11-2)12-3)47-73(56)107-82(69)96)51-66(42-60)106-53-68(115-40-34-104-81(95)72-46-59-23-27-64(90(17-8)18-9)50-76(59)110-85(72)99)55-113-38-32-102-79(93)70-44-57-21-25-62(88(13-4)14-5)48-74(57)108-83(70)97/h20-27,41-51,67-68H,10-19,28-40,52-55H2,1-9H3,(H,86,91). The van der Waals surface area contributed by atoms with E-state index in [4.69, 9.17) is 50.8 Å². The summed E-state index contributed by atoms with van der Waals surface area (Å²) in [7, 11) is 0. The van der Waals surface area contributed by atoms with E-state index in [1.165, 1.54) is 71.3 Å². The van der Waals surface area contributed by atoms with Crippen molar-refractivity contribution in [1.29, 1.82) is 0 Å². The third kappa shape index (κ3) is 26.1. The van der Waals surface area contributed by atoms with E-state index < -0.39 is 46.4 Å². The van der Waals surface area contributed by atoms with Gasteiger partial charge in [0.1, 0.15) is 95.7 Å². The first-order valence-electron chi connectivity index (χ1n) is 39.1. The van der Waals surface area contributed by atoms with E-state index >= 15 is 0 Å². The Kier molecular flexibility index (Phi) is 36.3. The molecule has 2 unspecified atom stereocenters. The lowest BCUT2D eigenvalue weighted by atomic mass is 10.1. The number of thioether (sulfide) groups is 5. The fourth-order valence-electron chi connectivity index (χ4n) is 12.4. The van der Waals surface area contributed by atoms with Crippen molar-refractivity contribution in [3.05, 3.63) is 185 Å². The summed E-state index contributed by atoms with van der Waals surface area (Å²) in [5.74, 6) is 0.259. The van der Waals surface area contributed by atoms with Crippen LogP contribution in [0.25, 0.3) is 43.9 Å². The van der Waals surface area contributed by atoms with E-state index in [1.54, 1.807) is 78.5 Å². The van der Waals surface area contributed by atoms with Crippen LogP contribution in [0.3, 0.4) is 0 Å². The SMILES string of the molecule is CCCOCCCSCCNC(=O)c1cc(OCC(CSCCOC(=O)c2cc3ccc(N(CC)CC)cc3oc2=O)SCCOC(=O)c2cc3ccc(N(CC)CC)cc3oc2=O)cc(OCC(CSCCOC(=O)c2cc3ccc(N(CC)CC)cc3oc2=O)SCCOC(=O)c2cc3ccc(N(CC)CC)cc3oc2=O)c1. The molecule has 5 aromatic carbocycles. The number of carbonyl (C=O) groups is 5. The van der Waals surface area contributed by atoms with Crippen LogP contribution in [-0.2, 0) is 23.7 Å². The number of rotatable bonds is 50. The lowest BCUT2D eigenvalue weighted by molar-refractivity contribution is 0.0516. The van der Waals surface area contributed by atoms with Crippen molar-refractivity contribution in [2.24, 2.45) is 0 Å². The molecular formula is C85H103N5O20S5. The fraction of sp³-hybridized carbons (Fsp3) is 0.447. The Morgan fingerprint density at radius 3 is 1.03 bits per heavy atom. The first-order valence-corrected chi connectivity index (χ1v) is 44.6. The number of anilines is 4. The molecule has 0 saturated carbocycles. The van der Waals surface area contributed by atoms with Crippen LogP contribution in [0.15, 0.2) is 152 Å². The number of amides is 1. The van der Waals surface area contributed by atoms with Crippen LogP contribution in [0.4, 0.5) is 22.7 Å². The van der Waals surface area contributed by atoms with E-state index in [9.17, 15) is 43.2 Å². The summed E-state index contributed by atoms with van der Waals surface area (Å²) in [5.41, 5.74) is 0.839. The Bertz CT molecular complexity index is 4690. The van der Waals surface area contributed by atoms with E-state index in [0.29, 0.717) is 92.4 Å². The zero-order valence-electron chi connectivity index (χ0n) is 66.7. The van der Waals surface area contributed by atoms with Gasteiger partial charge in [0.2, 0.25) is 0 Å². The lowest BCUT2D eigenvalue weighted by Gasteiger charge is -2.21. The summed E-state index contributed by atoms with van der Waals surface area (Å²) in [6.45, 7) is 25.8. The van der Waals surface area contributed by atoms with Crippen LogP contribution in [0, 0.1) is 0 Å². The van der Waals surface area contributed by atoms with E-state index in [0.717, 1.165) is 93.7 Å². The molecule has 1 amide bonds. The highest BCUT2D eigenvalue weighted by Crippen LogP contribution is 2.31. The second-order valence-electron chi connectivity index (χ2n) is 26.2. The molecule has 4 heterocycles. The van der Waals surface area contributed by atoms with Gasteiger partial charge in [-0.3, -0.25) is 4.79 Å². The van der Waals surface area contributed by atoms with Gasteiger partial charge < -0.3 is 75.7 Å². The average Bonchev–Trinajstić information content (AvgIpc) is 0.813. The molecule has 0 aliphatic carbocycles. The molecule has 4 aromatic heterocycles. The van der Waals surface area contributed by atoms with Gasteiger partial charge >= 0.3 is 46.4 Å². The molecule has 2 atom stereocenters. The smallest absolute Gasteiger partial charge is 0.351 e. The number of fused-ring (bicyclic) bond motifs is 4. The minimum Gasteiger partial charge on any atom is -0.492 e. The fourth-order valence-corrected chi connectivity index (χ4v) is 17.4. The highest BCUT2D eigenvalue weighted by molar-refractivity contribution is 8.03. The predicted octanol–water partition coefficient (Wildman–Crippen LogP) is 14.6. The molecule has 115 heavy (non-hydrogen) atoms. The highest BCUT2D eigenvalue weighted by atomic mass is 32.2. The summed E-state index contributed by atoms with van der Waals surface area (Å²) >= 11 is 7.43. The quantitative estimate of drug-likeness (QED) is 0.0160. The molecule has 0 fully saturated rings. The maximum atomic E-state index is 14.2. The summed E-state index contributed by atoms with van der Waals surface area (Å²) in [6.07, 6.45) is 1.80. The normalized spacial score (nSPS) is 11.9. The van der Waals surface area contributed by atoms with Gasteiger partial charge in [0.15, 0.2) is 0 Å². The highest BCUT2D eigenvalue weighted by Gasteiger charge is 2.24. The van der Waals surface area contributed by atoms with Crippen LogP contribution < -0.4 is 56.9 Å². The number of hydrogen-bond acceptors (Lipinski definition) is 29. The summed E-state index contributed by atoms with van der Waals surface area (Å²) in [5, 5.41) is 4.60. The number of hydrogen-bond donors (Lipinski definition) is 1. The first kappa shape index (κ1) is 89.7. The zero-order chi connectivity index (χ0) is 82.2. The molecule has 25 nitrogen and oxygen atoms in total. The van der Waals surface area contributed by atoms with Crippen molar-refractivity contribution < 1.29 is 74.8 Å². The summed E-state index contributed by atoms with van der Waals surface area (Å²) in [4.78, 5) is 130. The number of carbonyl (C=O) groups excluding carboxylic acids is 5. The topological polar surface area (TPSA) is 296 Å². The Morgan fingerprint density at radius 2 is 0.704 bits per heavy atom. The van der Waals surface area contributed by atoms with Gasteiger partial charge in [0.05, 0.1) is 0 Å². The van der Waals surface area contributed by atoms with Crippen molar-refractivity contribution in [2.45, 2.75) is 85.7 Å². The molecule has 0 aliphatic rings. The number of esters is 4. The second kappa shape index (κ2) is 46.5. The van der Waals surface area contributed by atoms with Crippen molar-refractivity contribution in [3.63, 3.8) is 0 Å². The third-order valence-electron chi connectivity index (χ3n) is 18.6. The molecule has 0 aliphatic heterocycles. The third-order valence-corrected chi connectivity index (χ3v) is 24.6. The van der Waals surface area contributed by atoms with Crippen molar-refractivity contribution in [1.82, 2.24) is 5.32 Å². The van der Waals surface area contributed by atoms with E-state index in [-0.39, 0.29) is 107 Å². The number of ether oxygens (including phenoxy) is 7. The Balaban J connectivity index is 0.908. The Labute approximate surface area is 690 Å². The molecule has 1 N–H and O–H groups in total. The van der Waals surface area contributed by atoms with Crippen LogP contribution in [0.2, 0.25) is 0 Å². The number of nitrogens with one attached hydrogen (secondary N) is 1. The van der Waals surface area contributed by atoms with Crippen LogP contribution >= 0.6 is 58.8 Å². The van der Waals surface area contributed by atoms with Crippen molar-refractivity contribution in [2.75, 3.05) is 177 Å². The van der Waals surface area contributed by atoms with Crippen LogP contribution in [0.5, 0.6) is 11.5 Å². The van der Waals surface area contributed by atoms with E-state index in [2.05, 4.69) is 31.8 Å². The maximum absolute atomic E-state index is 14.2. The first-order chi connectivity index (χ1) is 55.8. The van der Waals surface area contributed by atoms with Gasteiger partial charge in [0.25, 0.3) is 5.91 Å². The van der Waals surface area contributed by atoms with Crippen molar-refractivity contribution >= 4 is 155 Å². The van der Waals surface area contributed by atoms with Gasteiger partial charge in [-0.2, -0.15) is 58.8 Å². The van der Waals surface area contributed by atoms with Crippen molar-refractivity contribution in [3.8, 4) is 11.5 Å². The summed E-state index contributed by atoms with van der Waals surface area (Å²) < 4.78 is 64.0. The van der Waals surface area contributed by atoms with Crippen LogP contribution in [-0.4, -0.2) is 198 Å². The van der Waals surface area contributed by atoms with Gasteiger partial charge in [-0.25, -0.2) is 38.4 Å². The summed E-state index contributed by atoms with van der Waals surface area (Å²) in [6, 6.07) is 32.7. The van der Waals surface area contributed by atoms with E-state index in [1.807, 2.05) is 79.7 Å². The molecule has 9 rings (SSSR count). The van der Waals surface area contributed by atoms with Gasteiger partial charge in [-0.05, 0) is 159 Å².